The molecule has 0 bridgehead atoms. The van der Waals surface area contributed by atoms with Gasteiger partial charge in [-0.05, 0) is 44.9 Å². The number of pyridine rings is 1. The van der Waals surface area contributed by atoms with Crippen molar-refractivity contribution >= 4 is 39.4 Å². The summed E-state index contributed by atoms with van der Waals surface area (Å²) in [4.78, 5) is 13.3. The summed E-state index contributed by atoms with van der Waals surface area (Å²) in [5.74, 6) is 1.23. The normalized spacial score (nSPS) is 18.6. The van der Waals surface area contributed by atoms with E-state index in [0.29, 0.717) is 0 Å². The number of aromatic nitrogens is 2. The number of nitrogens with zero attached hydrogens (tertiary/aromatic N) is 5. The summed E-state index contributed by atoms with van der Waals surface area (Å²) in [6.07, 6.45) is 0.898. The molecule has 1 aromatic carbocycles. The molecular formula is C24H29N6S+. The molecule has 0 spiro atoms. The molecule has 2 aliphatic rings. The van der Waals surface area contributed by atoms with Gasteiger partial charge in [-0.2, -0.15) is 9.66 Å². The minimum absolute atomic E-state index is 0.206. The molecule has 4 heterocycles. The van der Waals surface area contributed by atoms with Gasteiger partial charge in [0.2, 0.25) is 11.5 Å². The van der Waals surface area contributed by atoms with Crippen LogP contribution in [-0.4, -0.2) is 52.5 Å². The van der Waals surface area contributed by atoms with E-state index in [2.05, 4.69) is 71.1 Å². The number of fused-ring (bicyclic) bond motifs is 3. The zero-order valence-corrected chi connectivity index (χ0v) is 19.5. The number of H-pyrrole nitrogens is 1. The zero-order chi connectivity index (χ0) is 21.8. The van der Waals surface area contributed by atoms with Gasteiger partial charge in [0.15, 0.2) is 5.17 Å². The first-order chi connectivity index (χ1) is 14.9. The van der Waals surface area contributed by atoms with E-state index in [4.69, 9.17) is 4.99 Å². The Kier molecular flexibility index (Phi) is 4.86. The summed E-state index contributed by atoms with van der Waals surface area (Å²) in [7, 11) is 0. The van der Waals surface area contributed by atoms with Crippen LogP contribution in [0.1, 0.15) is 37.5 Å². The largest absolute Gasteiger partial charge is 0.345 e. The molecule has 0 atom stereocenters. The van der Waals surface area contributed by atoms with Crippen molar-refractivity contribution in [1.82, 2.24) is 9.88 Å². The number of aliphatic imine (C=N–C) groups is 1. The van der Waals surface area contributed by atoms with E-state index in [9.17, 15) is 5.26 Å². The maximum absolute atomic E-state index is 9.94. The molecule has 1 saturated heterocycles. The predicted molar refractivity (Wildman–Crippen MR) is 128 cm³/mol. The lowest BCUT2D eigenvalue weighted by molar-refractivity contribution is -0.468. The van der Waals surface area contributed by atoms with Gasteiger partial charge in [0, 0.05) is 10.3 Å². The molecule has 2 aromatic heterocycles. The summed E-state index contributed by atoms with van der Waals surface area (Å²) in [5, 5.41) is 11.1. The molecule has 1 fully saturated rings. The van der Waals surface area contributed by atoms with E-state index < -0.39 is 0 Å². The smallest absolute Gasteiger partial charge is 0.250 e. The number of amidine groups is 1. The molecule has 160 valence electrons. The first kappa shape index (κ1) is 20.2. The second kappa shape index (κ2) is 7.45. The summed E-state index contributed by atoms with van der Waals surface area (Å²) in [6.45, 7) is 13.5. The van der Waals surface area contributed by atoms with Gasteiger partial charge in [0.25, 0.3) is 0 Å². The van der Waals surface area contributed by atoms with Crippen LogP contribution < -0.4 is 9.30 Å². The van der Waals surface area contributed by atoms with E-state index >= 15 is 0 Å². The lowest BCUT2D eigenvalue weighted by Gasteiger charge is -2.35. The summed E-state index contributed by atoms with van der Waals surface area (Å²) in [5.41, 5.74) is 6.18. The van der Waals surface area contributed by atoms with Crippen LogP contribution in [0.3, 0.4) is 0 Å². The number of hydrogen-bond donors (Lipinski definition) is 1. The predicted octanol–water partition coefficient (Wildman–Crippen LogP) is 3.65. The molecule has 2 aliphatic heterocycles. The van der Waals surface area contributed by atoms with Gasteiger partial charge < -0.3 is 4.90 Å². The number of nitriles is 1. The number of thioether (sulfide) groups is 1. The van der Waals surface area contributed by atoms with Crippen molar-refractivity contribution in [2.24, 2.45) is 4.99 Å². The van der Waals surface area contributed by atoms with Crippen LogP contribution in [0, 0.1) is 18.3 Å². The standard InChI is InChI=1S/C24H28N6S/c1-5-17-16(2)18(14-25)21-27-19-8-6-7-9-20(19)30(21)22(17)28-10-12-29(13-11-28)23-26-15-24(3,4)31-23/h6-9H,5,10-13,15H2,1-4H3/p+1. The van der Waals surface area contributed by atoms with Gasteiger partial charge in [-0.1, -0.05) is 30.8 Å². The topological polar surface area (TPSA) is 62.5 Å². The van der Waals surface area contributed by atoms with Crippen molar-refractivity contribution in [2.45, 2.75) is 38.9 Å². The lowest BCUT2D eigenvalue weighted by atomic mass is 10.0. The Morgan fingerprint density at radius 3 is 2.55 bits per heavy atom. The van der Waals surface area contributed by atoms with Crippen LogP contribution in [0.15, 0.2) is 29.3 Å². The molecule has 6 nitrogen and oxygen atoms in total. The van der Waals surface area contributed by atoms with Crippen molar-refractivity contribution in [3.8, 4) is 6.07 Å². The second-order valence-corrected chi connectivity index (χ2v) is 10.7. The highest BCUT2D eigenvalue weighted by Gasteiger charge is 2.35. The Morgan fingerprint density at radius 1 is 1.19 bits per heavy atom. The van der Waals surface area contributed by atoms with Crippen molar-refractivity contribution < 1.29 is 4.40 Å². The Labute approximate surface area is 187 Å². The van der Waals surface area contributed by atoms with Crippen LogP contribution in [0.4, 0.5) is 5.82 Å². The molecular weight excluding hydrogens is 404 g/mol. The van der Waals surface area contributed by atoms with E-state index in [1.54, 1.807) is 0 Å². The maximum Gasteiger partial charge on any atom is 0.250 e. The number of hydrogen-bond acceptors (Lipinski definition) is 5. The summed E-state index contributed by atoms with van der Waals surface area (Å²) < 4.78 is 2.48. The first-order valence-electron chi connectivity index (χ1n) is 11.0. The number of benzene rings is 1. The number of nitrogens with one attached hydrogen (secondary N) is 1. The highest BCUT2D eigenvalue weighted by Crippen LogP contribution is 2.34. The van der Waals surface area contributed by atoms with Gasteiger partial charge in [-0.25, -0.2) is 0 Å². The average molecular weight is 434 g/mol. The van der Waals surface area contributed by atoms with Gasteiger partial charge >= 0.3 is 0 Å². The van der Waals surface area contributed by atoms with Gasteiger partial charge in [-0.15, -0.1) is 0 Å². The third-order valence-corrected chi connectivity index (χ3v) is 7.70. The van der Waals surface area contributed by atoms with Crippen molar-refractivity contribution in [2.75, 3.05) is 37.6 Å². The fraction of sp³-hybridized carbons (Fsp3) is 0.458. The molecule has 0 radical (unpaired) electrons. The molecule has 7 heteroatoms. The number of imidazole rings is 1. The van der Waals surface area contributed by atoms with Crippen molar-refractivity contribution in [3.63, 3.8) is 0 Å². The number of rotatable bonds is 2. The number of anilines is 1. The number of piperazine rings is 1. The number of para-hydroxylation sites is 2. The molecule has 5 rings (SSSR count). The Hall–Kier alpha value is -2.72. The monoisotopic (exact) mass is 433 g/mol. The molecule has 0 aliphatic carbocycles. The van der Waals surface area contributed by atoms with E-state index in [-0.39, 0.29) is 4.75 Å². The highest BCUT2D eigenvalue weighted by molar-refractivity contribution is 8.15. The fourth-order valence-corrected chi connectivity index (χ4v) is 5.90. The van der Waals surface area contributed by atoms with Crippen LogP contribution in [0.25, 0.3) is 16.7 Å². The molecule has 0 amide bonds. The fourth-order valence-electron chi connectivity index (χ4n) is 4.84. The average Bonchev–Trinajstić information content (AvgIpc) is 3.33. The zero-order valence-electron chi connectivity index (χ0n) is 18.7. The van der Waals surface area contributed by atoms with E-state index in [1.165, 1.54) is 16.5 Å². The number of aromatic amines is 1. The quantitative estimate of drug-likeness (QED) is 0.627. The Morgan fingerprint density at radius 2 is 1.90 bits per heavy atom. The third kappa shape index (κ3) is 3.25. The van der Waals surface area contributed by atoms with Crippen molar-refractivity contribution in [1.29, 1.82) is 5.26 Å². The maximum atomic E-state index is 9.94. The van der Waals surface area contributed by atoms with E-state index in [0.717, 1.165) is 67.0 Å². The molecule has 1 N–H and O–H groups in total. The van der Waals surface area contributed by atoms with Crippen LogP contribution >= 0.6 is 11.8 Å². The van der Waals surface area contributed by atoms with Gasteiger partial charge in [0.1, 0.15) is 22.7 Å². The van der Waals surface area contributed by atoms with Crippen molar-refractivity contribution in [3.05, 3.63) is 41.0 Å². The van der Waals surface area contributed by atoms with E-state index in [1.807, 2.05) is 17.8 Å². The Balaban J connectivity index is 1.58. The second-order valence-electron chi connectivity index (χ2n) is 9.03. The molecule has 0 unspecified atom stereocenters. The Bertz CT molecular complexity index is 1240. The first-order valence-corrected chi connectivity index (χ1v) is 11.9. The van der Waals surface area contributed by atoms with Crippen LogP contribution in [0.2, 0.25) is 0 Å². The minimum Gasteiger partial charge on any atom is -0.345 e. The molecule has 3 aromatic rings. The SMILES string of the molecule is CCc1c(C)c(C#N)c2[nH]c3ccccc3[n+]2c1N1CCN(C2=NCC(C)(C)S2)CC1. The van der Waals surface area contributed by atoms with Crippen LogP contribution in [0.5, 0.6) is 0 Å². The minimum atomic E-state index is 0.206. The summed E-state index contributed by atoms with van der Waals surface area (Å²) in [6, 6.07) is 10.8. The molecule has 0 saturated carbocycles. The van der Waals surface area contributed by atoms with Gasteiger partial charge in [0.05, 0.1) is 32.7 Å². The third-order valence-electron chi connectivity index (χ3n) is 6.45. The highest BCUT2D eigenvalue weighted by atomic mass is 32.2. The lowest BCUT2D eigenvalue weighted by Crippen LogP contribution is -2.51. The molecule has 31 heavy (non-hydrogen) atoms. The van der Waals surface area contributed by atoms with Crippen LogP contribution in [-0.2, 0) is 6.42 Å². The van der Waals surface area contributed by atoms with Gasteiger partial charge in [-0.3, -0.25) is 14.9 Å². The summed E-state index contributed by atoms with van der Waals surface area (Å²) >= 11 is 1.90.